The van der Waals surface area contributed by atoms with Gasteiger partial charge < -0.3 is 0 Å². The number of hydrogen-bond donors (Lipinski definition) is 1. The number of nitrogens with zero attached hydrogens (tertiary/aromatic N) is 2. The zero-order valence-corrected chi connectivity index (χ0v) is 12.9. The molecule has 1 heterocycles. The van der Waals surface area contributed by atoms with Crippen LogP contribution in [0.2, 0.25) is 0 Å². The quantitative estimate of drug-likeness (QED) is 0.912. The second kappa shape index (κ2) is 6.61. The highest BCUT2D eigenvalue weighted by Gasteiger charge is 2.10. The van der Waals surface area contributed by atoms with Gasteiger partial charge in [-0.25, -0.2) is 0 Å². The molecular formula is C15H19N3OS. The number of anilines is 1. The van der Waals surface area contributed by atoms with Gasteiger partial charge in [-0.05, 0) is 32.4 Å². The summed E-state index contributed by atoms with van der Waals surface area (Å²) in [5.74, 6) is -0.130. The fraction of sp³-hybridized carbons (Fsp3) is 0.400. The van der Waals surface area contributed by atoms with Gasteiger partial charge in [-0.2, -0.15) is 0 Å². The average molecular weight is 289 g/mol. The summed E-state index contributed by atoms with van der Waals surface area (Å²) >= 11 is 1.45. The van der Waals surface area contributed by atoms with E-state index in [-0.39, 0.29) is 5.91 Å². The van der Waals surface area contributed by atoms with E-state index in [2.05, 4.69) is 22.4 Å². The van der Waals surface area contributed by atoms with Crippen LogP contribution >= 0.6 is 11.3 Å². The van der Waals surface area contributed by atoms with Gasteiger partial charge in [-0.15, -0.1) is 10.2 Å². The number of unbranched alkanes of at least 4 members (excludes halogenated alkanes) is 1. The maximum absolute atomic E-state index is 12.2. The molecule has 106 valence electrons. The summed E-state index contributed by atoms with van der Waals surface area (Å²) in [5, 5.41) is 12.5. The highest BCUT2D eigenvalue weighted by atomic mass is 32.1. The molecule has 0 saturated heterocycles. The predicted molar refractivity (Wildman–Crippen MR) is 82.4 cm³/mol. The van der Waals surface area contributed by atoms with Gasteiger partial charge in [-0.3, -0.25) is 10.1 Å². The molecule has 0 aliphatic carbocycles. The van der Waals surface area contributed by atoms with Gasteiger partial charge in [0.2, 0.25) is 5.13 Å². The number of aryl methyl sites for hydroxylation is 3. The predicted octanol–water partition coefficient (Wildman–Crippen LogP) is 3.75. The summed E-state index contributed by atoms with van der Waals surface area (Å²) in [6, 6.07) is 5.80. The van der Waals surface area contributed by atoms with Gasteiger partial charge in [0, 0.05) is 12.0 Å². The normalized spacial score (nSPS) is 10.6. The number of benzene rings is 1. The van der Waals surface area contributed by atoms with Crippen LogP contribution in [-0.2, 0) is 6.42 Å². The molecule has 20 heavy (non-hydrogen) atoms. The van der Waals surface area contributed by atoms with Gasteiger partial charge in [0.15, 0.2) is 0 Å². The second-order valence-corrected chi connectivity index (χ2v) is 6.00. The summed E-state index contributed by atoms with van der Waals surface area (Å²) in [5.41, 5.74) is 2.82. The van der Waals surface area contributed by atoms with Crippen molar-refractivity contribution in [1.29, 1.82) is 0 Å². The second-order valence-electron chi connectivity index (χ2n) is 4.94. The van der Waals surface area contributed by atoms with E-state index in [1.54, 1.807) is 0 Å². The van der Waals surface area contributed by atoms with Crippen LogP contribution in [0, 0.1) is 13.8 Å². The van der Waals surface area contributed by atoms with Crippen molar-refractivity contribution < 1.29 is 4.79 Å². The summed E-state index contributed by atoms with van der Waals surface area (Å²) in [7, 11) is 0. The monoisotopic (exact) mass is 289 g/mol. The van der Waals surface area contributed by atoms with Gasteiger partial charge >= 0.3 is 0 Å². The number of nitrogens with one attached hydrogen (secondary N) is 1. The molecule has 0 spiro atoms. The molecule has 0 saturated carbocycles. The molecular weight excluding hydrogens is 270 g/mol. The standard InChI is InChI=1S/C15H19N3OS/c1-4-5-6-13-17-18-15(20-13)16-14(19)12-8-10(2)7-11(3)9-12/h7-9H,4-6H2,1-3H3,(H,16,18,19). The third kappa shape index (κ3) is 3.87. The maximum atomic E-state index is 12.2. The Hall–Kier alpha value is -1.75. The minimum absolute atomic E-state index is 0.130. The minimum atomic E-state index is -0.130. The lowest BCUT2D eigenvalue weighted by molar-refractivity contribution is 0.102. The molecule has 2 aromatic rings. The first-order valence-corrected chi connectivity index (χ1v) is 7.62. The topological polar surface area (TPSA) is 54.9 Å². The van der Waals surface area contributed by atoms with Crippen molar-refractivity contribution in [1.82, 2.24) is 10.2 Å². The number of amides is 1. The molecule has 0 unspecified atom stereocenters. The van der Waals surface area contributed by atoms with E-state index in [4.69, 9.17) is 0 Å². The van der Waals surface area contributed by atoms with E-state index < -0.39 is 0 Å². The Morgan fingerprint density at radius 3 is 2.55 bits per heavy atom. The Morgan fingerprint density at radius 1 is 1.20 bits per heavy atom. The molecule has 4 nitrogen and oxygen atoms in total. The third-order valence-corrected chi connectivity index (χ3v) is 3.81. The Kier molecular flexibility index (Phi) is 4.84. The molecule has 0 fully saturated rings. The van der Waals surface area contributed by atoms with E-state index in [1.165, 1.54) is 11.3 Å². The zero-order valence-electron chi connectivity index (χ0n) is 12.1. The number of carbonyl (C=O) groups excluding carboxylic acids is 1. The molecule has 1 amide bonds. The van der Waals surface area contributed by atoms with Crippen molar-refractivity contribution in [2.45, 2.75) is 40.0 Å². The van der Waals surface area contributed by atoms with Crippen LogP contribution in [0.3, 0.4) is 0 Å². The van der Waals surface area contributed by atoms with Crippen molar-refractivity contribution in [2.75, 3.05) is 5.32 Å². The van der Waals surface area contributed by atoms with Crippen LogP contribution in [0.1, 0.15) is 46.3 Å². The van der Waals surface area contributed by atoms with E-state index in [9.17, 15) is 4.79 Å². The van der Waals surface area contributed by atoms with Crippen LogP contribution in [0.25, 0.3) is 0 Å². The molecule has 0 aliphatic rings. The van der Waals surface area contributed by atoms with Crippen LogP contribution < -0.4 is 5.32 Å². The Balaban J connectivity index is 2.05. The van der Waals surface area contributed by atoms with Crippen LogP contribution in [0.5, 0.6) is 0 Å². The number of carbonyl (C=O) groups is 1. The first kappa shape index (κ1) is 14.7. The van der Waals surface area contributed by atoms with Crippen molar-refractivity contribution in [3.63, 3.8) is 0 Å². The van der Waals surface area contributed by atoms with Crippen LogP contribution in [0.15, 0.2) is 18.2 Å². The van der Waals surface area contributed by atoms with Crippen LogP contribution in [0.4, 0.5) is 5.13 Å². The Bertz CT molecular complexity index is 587. The van der Waals surface area contributed by atoms with Crippen molar-refractivity contribution in [3.05, 3.63) is 39.9 Å². The molecule has 1 aromatic carbocycles. The first-order valence-electron chi connectivity index (χ1n) is 6.80. The molecule has 1 N–H and O–H groups in total. The van der Waals surface area contributed by atoms with E-state index in [0.29, 0.717) is 10.7 Å². The van der Waals surface area contributed by atoms with Gasteiger partial charge in [-0.1, -0.05) is 41.9 Å². The molecule has 2 rings (SSSR count). The van der Waals surface area contributed by atoms with Crippen LogP contribution in [-0.4, -0.2) is 16.1 Å². The molecule has 0 bridgehead atoms. The van der Waals surface area contributed by atoms with Gasteiger partial charge in [0.25, 0.3) is 5.91 Å². The van der Waals surface area contributed by atoms with Gasteiger partial charge in [0.05, 0.1) is 0 Å². The smallest absolute Gasteiger partial charge is 0.257 e. The summed E-state index contributed by atoms with van der Waals surface area (Å²) in [6.45, 7) is 6.11. The maximum Gasteiger partial charge on any atom is 0.257 e. The Morgan fingerprint density at radius 2 is 1.90 bits per heavy atom. The average Bonchev–Trinajstić information content (AvgIpc) is 2.82. The highest BCUT2D eigenvalue weighted by molar-refractivity contribution is 7.15. The molecule has 0 atom stereocenters. The molecule has 1 aromatic heterocycles. The summed E-state index contributed by atoms with van der Waals surface area (Å²) < 4.78 is 0. The minimum Gasteiger partial charge on any atom is -0.296 e. The third-order valence-electron chi connectivity index (χ3n) is 2.92. The Labute approximate surface area is 123 Å². The first-order chi connectivity index (χ1) is 9.58. The van der Waals surface area contributed by atoms with Gasteiger partial charge in [0.1, 0.15) is 5.01 Å². The SMILES string of the molecule is CCCCc1nnc(NC(=O)c2cc(C)cc(C)c2)s1. The van der Waals surface area contributed by atoms with Crippen molar-refractivity contribution in [2.24, 2.45) is 0 Å². The molecule has 0 radical (unpaired) electrons. The molecule has 5 heteroatoms. The van der Waals surface area contributed by atoms with Crippen molar-refractivity contribution >= 4 is 22.4 Å². The van der Waals surface area contributed by atoms with E-state index >= 15 is 0 Å². The summed E-state index contributed by atoms with van der Waals surface area (Å²) in [6.07, 6.45) is 3.15. The lowest BCUT2D eigenvalue weighted by Gasteiger charge is -2.04. The largest absolute Gasteiger partial charge is 0.296 e. The lowest BCUT2D eigenvalue weighted by Crippen LogP contribution is -2.12. The number of rotatable bonds is 5. The number of aromatic nitrogens is 2. The van der Waals surface area contributed by atoms with E-state index in [0.717, 1.165) is 35.4 Å². The fourth-order valence-corrected chi connectivity index (χ4v) is 2.78. The lowest BCUT2D eigenvalue weighted by atomic mass is 10.1. The van der Waals surface area contributed by atoms with E-state index in [1.807, 2.05) is 32.0 Å². The van der Waals surface area contributed by atoms with Crippen molar-refractivity contribution in [3.8, 4) is 0 Å². The number of hydrogen-bond acceptors (Lipinski definition) is 4. The molecule has 0 aliphatic heterocycles. The fourth-order valence-electron chi connectivity index (χ4n) is 2.01. The summed E-state index contributed by atoms with van der Waals surface area (Å²) in [4.78, 5) is 12.2. The zero-order chi connectivity index (χ0) is 14.5. The highest BCUT2D eigenvalue weighted by Crippen LogP contribution is 2.18.